The van der Waals surface area contributed by atoms with Gasteiger partial charge < -0.3 is 15.3 Å². The molecule has 1 rings (SSSR count). The molecule has 0 radical (unpaired) electrons. The van der Waals surface area contributed by atoms with Gasteiger partial charge in [0.1, 0.15) is 16.3 Å². The Morgan fingerprint density at radius 2 is 1.62 bits per heavy atom. The predicted molar refractivity (Wildman–Crippen MR) is 82.8 cm³/mol. The minimum atomic E-state index is -2.74. The molecule has 0 aromatic carbocycles. The molecule has 1 aliphatic rings. The summed E-state index contributed by atoms with van der Waals surface area (Å²) < 4.78 is 0. The van der Waals surface area contributed by atoms with Crippen LogP contribution in [0.4, 0.5) is 0 Å². The first-order chi connectivity index (χ1) is 11.4. The maximum absolute atomic E-state index is 11.7. The van der Waals surface area contributed by atoms with E-state index in [1.54, 1.807) is 0 Å². The monoisotopic (exact) mass is 347 g/mol. The first-order valence-electron chi connectivity index (χ1n) is 7.24. The van der Waals surface area contributed by atoms with Crippen LogP contribution in [0.25, 0.3) is 0 Å². The zero-order valence-corrected chi connectivity index (χ0v) is 12.9. The van der Waals surface area contributed by atoms with E-state index in [1.165, 1.54) is 12.2 Å². The maximum atomic E-state index is 11.7. The summed E-state index contributed by atoms with van der Waals surface area (Å²) in [4.78, 5) is 25.3. The van der Waals surface area contributed by atoms with E-state index in [4.69, 9.17) is 15.3 Å². The quantitative estimate of drug-likeness (QED) is 0.162. The van der Waals surface area contributed by atoms with Crippen LogP contribution in [0.5, 0.6) is 0 Å². The Morgan fingerprint density at radius 3 is 2.04 bits per heavy atom. The van der Waals surface area contributed by atoms with E-state index in [0.717, 1.165) is 0 Å². The fourth-order valence-electron chi connectivity index (χ4n) is 2.56. The lowest BCUT2D eigenvalue weighted by atomic mass is 9.82. The van der Waals surface area contributed by atoms with Gasteiger partial charge in [-0.2, -0.15) is 0 Å². The summed E-state index contributed by atoms with van der Waals surface area (Å²) >= 11 is 0. The van der Waals surface area contributed by atoms with Crippen LogP contribution < -0.4 is 10.6 Å². The number of rotatable bonds is 10. The molecule has 0 heterocycles. The normalized spacial score (nSPS) is 20.2. The third kappa shape index (κ3) is 3.73. The van der Waals surface area contributed by atoms with E-state index < -0.39 is 40.8 Å². The molecule has 5 N–H and O–H groups in total. The molecular weight excluding hydrogens is 326 g/mol. The average Bonchev–Trinajstić information content (AvgIpc) is 2.56. The van der Waals surface area contributed by atoms with Crippen molar-refractivity contribution in [1.29, 1.82) is 0 Å². The summed E-state index contributed by atoms with van der Waals surface area (Å²) in [5.74, 6) is 0. The van der Waals surface area contributed by atoms with Crippen molar-refractivity contribution in [2.24, 2.45) is 4.99 Å². The minimum absolute atomic E-state index is 0.0354. The molecule has 0 aromatic heterocycles. The molecule has 136 valence electrons. The van der Waals surface area contributed by atoms with Gasteiger partial charge in [0.15, 0.2) is 0 Å². The molecule has 0 aliphatic heterocycles. The third-order valence-electron chi connectivity index (χ3n) is 3.64. The molecule has 0 atom stereocenters. The van der Waals surface area contributed by atoms with Crippen molar-refractivity contribution >= 4 is 5.71 Å². The highest BCUT2D eigenvalue weighted by Crippen LogP contribution is 2.34. The molecular formula is C12H21N5O7. The second-order valence-electron chi connectivity index (χ2n) is 5.05. The fraction of sp³-hybridized carbons (Fsp3) is 0.750. The average molecular weight is 347 g/mol. The zero-order valence-electron chi connectivity index (χ0n) is 12.9. The minimum Gasteiger partial charge on any atom is -0.395 e. The summed E-state index contributed by atoms with van der Waals surface area (Å²) in [7, 11) is 0. The molecule has 1 aliphatic carbocycles. The Morgan fingerprint density at radius 1 is 1.08 bits per heavy atom. The van der Waals surface area contributed by atoms with Gasteiger partial charge in [0.25, 0.3) is 0 Å². The summed E-state index contributed by atoms with van der Waals surface area (Å²) in [5.41, 5.74) is -4.56. The molecule has 12 nitrogen and oxygen atoms in total. The van der Waals surface area contributed by atoms with Crippen molar-refractivity contribution in [2.75, 3.05) is 39.5 Å². The Kier molecular flexibility index (Phi) is 7.31. The fourth-order valence-corrected chi connectivity index (χ4v) is 2.56. The lowest BCUT2D eigenvalue weighted by Crippen LogP contribution is -2.77. The lowest BCUT2D eigenvalue weighted by Gasteiger charge is -2.39. The van der Waals surface area contributed by atoms with Crippen molar-refractivity contribution in [1.82, 2.24) is 10.6 Å². The van der Waals surface area contributed by atoms with Gasteiger partial charge in [0, 0.05) is 18.8 Å². The van der Waals surface area contributed by atoms with Gasteiger partial charge in [0.05, 0.1) is 26.4 Å². The van der Waals surface area contributed by atoms with Crippen molar-refractivity contribution in [2.45, 2.75) is 17.7 Å². The SMILES string of the molecule is O=[N+]([O-])C1([N+](=O)[O-])CC(=NCCO)C=CC1(NCCO)NCCO. The number of aliphatic imine (C=N–C) groups is 1. The number of hydrogen-bond donors (Lipinski definition) is 5. The number of nitro groups is 2. The zero-order chi connectivity index (χ0) is 18.2. The summed E-state index contributed by atoms with van der Waals surface area (Å²) in [6.07, 6.45) is 1.96. The van der Waals surface area contributed by atoms with Crippen LogP contribution in [0, 0.1) is 20.2 Å². The number of aliphatic hydroxyl groups is 3. The van der Waals surface area contributed by atoms with Crippen LogP contribution in [-0.4, -0.2) is 81.7 Å². The van der Waals surface area contributed by atoms with Crippen LogP contribution >= 0.6 is 0 Å². The van der Waals surface area contributed by atoms with Gasteiger partial charge in [-0.3, -0.25) is 35.9 Å². The van der Waals surface area contributed by atoms with Crippen molar-refractivity contribution < 1.29 is 25.2 Å². The van der Waals surface area contributed by atoms with Gasteiger partial charge in [0.2, 0.25) is 5.66 Å². The van der Waals surface area contributed by atoms with E-state index in [1.807, 2.05) is 0 Å². The molecule has 0 saturated carbocycles. The van der Waals surface area contributed by atoms with E-state index in [-0.39, 0.29) is 32.0 Å². The number of hydrogen-bond acceptors (Lipinski definition) is 10. The molecule has 0 saturated heterocycles. The molecule has 24 heavy (non-hydrogen) atoms. The lowest BCUT2D eigenvalue weighted by molar-refractivity contribution is -0.806. The Hall–Kier alpha value is -1.99. The molecule has 0 bridgehead atoms. The molecule has 0 aromatic rings. The first-order valence-corrected chi connectivity index (χ1v) is 7.24. The molecule has 0 spiro atoms. The topological polar surface area (TPSA) is 183 Å². The van der Waals surface area contributed by atoms with Crippen molar-refractivity contribution in [3.05, 3.63) is 32.4 Å². The van der Waals surface area contributed by atoms with Crippen molar-refractivity contribution in [3.8, 4) is 0 Å². The Balaban J connectivity index is 3.46. The number of nitrogens with one attached hydrogen (secondary N) is 2. The highest BCUT2D eigenvalue weighted by molar-refractivity contribution is 5.97. The van der Waals surface area contributed by atoms with E-state index in [2.05, 4.69) is 15.6 Å². The molecule has 12 heteroatoms. The van der Waals surface area contributed by atoms with Gasteiger partial charge in [-0.15, -0.1) is 0 Å². The van der Waals surface area contributed by atoms with Crippen molar-refractivity contribution in [3.63, 3.8) is 0 Å². The van der Waals surface area contributed by atoms with Gasteiger partial charge >= 0.3 is 5.66 Å². The predicted octanol–water partition coefficient (Wildman–Crippen LogP) is -2.51. The first kappa shape index (κ1) is 20.1. The van der Waals surface area contributed by atoms with Crippen LogP contribution in [0.1, 0.15) is 6.42 Å². The summed E-state index contributed by atoms with van der Waals surface area (Å²) in [5, 5.41) is 55.4. The number of nitrogens with zero attached hydrogens (tertiary/aromatic N) is 3. The molecule has 0 fully saturated rings. The van der Waals surface area contributed by atoms with E-state index in [0.29, 0.717) is 0 Å². The van der Waals surface area contributed by atoms with Gasteiger partial charge in [-0.1, -0.05) is 0 Å². The second-order valence-corrected chi connectivity index (χ2v) is 5.05. The number of allylic oxidation sites excluding steroid dienone is 1. The summed E-state index contributed by atoms with van der Waals surface area (Å²) in [6.45, 7) is -1.41. The molecule has 0 unspecified atom stereocenters. The van der Waals surface area contributed by atoms with Crippen LogP contribution in [0.3, 0.4) is 0 Å². The Bertz CT molecular complexity index is 500. The van der Waals surface area contributed by atoms with Gasteiger partial charge in [-0.05, 0) is 12.2 Å². The maximum Gasteiger partial charge on any atom is 0.497 e. The Labute approximate surface area is 137 Å². The van der Waals surface area contributed by atoms with E-state index in [9.17, 15) is 20.2 Å². The standard InChI is InChI=1S/C12H21N5O7/c18-6-3-13-10-1-2-11(14-4-7-19,15-5-8-20)12(9-10,16(21)22)17(23)24/h1-2,14-15,18-20H,3-9H2. The number of aliphatic hydroxyl groups excluding tert-OH is 3. The van der Waals surface area contributed by atoms with Crippen LogP contribution in [0.2, 0.25) is 0 Å². The second kappa shape index (κ2) is 8.75. The summed E-state index contributed by atoms with van der Waals surface area (Å²) in [6, 6.07) is 0. The third-order valence-corrected chi connectivity index (χ3v) is 3.64. The highest BCUT2D eigenvalue weighted by Gasteiger charge is 2.73. The van der Waals surface area contributed by atoms with Gasteiger partial charge in [-0.25, -0.2) is 0 Å². The highest BCUT2D eigenvalue weighted by atomic mass is 16.7. The van der Waals surface area contributed by atoms with Crippen LogP contribution in [0.15, 0.2) is 17.1 Å². The molecule has 0 amide bonds. The smallest absolute Gasteiger partial charge is 0.395 e. The van der Waals surface area contributed by atoms with Crippen LogP contribution in [-0.2, 0) is 0 Å². The van der Waals surface area contributed by atoms with E-state index >= 15 is 0 Å². The largest absolute Gasteiger partial charge is 0.497 e.